The third kappa shape index (κ3) is 1.56. The van der Waals surface area contributed by atoms with Gasteiger partial charge in [0.1, 0.15) is 12.4 Å². The molecule has 1 aliphatic rings. The highest BCUT2D eigenvalue weighted by Gasteiger charge is 2.17. The molecule has 0 fully saturated rings. The van der Waals surface area contributed by atoms with Gasteiger partial charge in [-0.3, -0.25) is 0 Å². The van der Waals surface area contributed by atoms with Gasteiger partial charge in [0.25, 0.3) is 0 Å². The van der Waals surface area contributed by atoms with Crippen LogP contribution in [0.1, 0.15) is 5.56 Å². The van der Waals surface area contributed by atoms with Crippen molar-refractivity contribution in [2.45, 2.75) is 0 Å². The molecule has 0 aliphatic carbocycles. The molecule has 0 spiro atoms. The van der Waals surface area contributed by atoms with Crippen LogP contribution in [0.25, 0.3) is 0 Å². The molecule has 0 atom stereocenters. The summed E-state index contributed by atoms with van der Waals surface area (Å²) in [6.07, 6.45) is 0. The zero-order valence-electron chi connectivity index (χ0n) is 6.66. The Morgan fingerprint density at radius 2 is 2.00 bits per heavy atom. The normalized spacial score (nSPS) is 15.5. The highest BCUT2D eigenvalue weighted by Crippen LogP contribution is 2.09. The predicted octanol–water partition coefficient (Wildman–Crippen LogP) is 1.13. The highest BCUT2D eigenvalue weighted by molar-refractivity contribution is 6.04. The van der Waals surface area contributed by atoms with Crippen LogP contribution in [0.3, 0.4) is 0 Å². The van der Waals surface area contributed by atoms with Gasteiger partial charge in [0, 0.05) is 5.56 Å². The Morgan fingerprint density at radius 1 is 1.31 bits per heavy atom. The molecule has 2 rings (SSSR count). The standard InChI is InChI=1S/C9H6FNO2/c10-7-3-1-6(2-4-7)9-11-5-8(12)13-9/h1-4H,5H2. The monoisotopic (exact) mass is 179 g/mol. The van der Waals surface area contributed by atoms with Gasteiger partial charge in [0.05, 0.1) is 0 Å². The summed E-state index contributed by atoms with van der Waals surface area (Å²) in [5.74, 6) is -0.432. The van der Waals surface area contributed by atoms with E-state index in [0.717, 1.165) is 0 Å². The summed E-state index contributed by atoms with van der Waals surface area (Å²) in [7, 11) is 0. The average molecular weight is 179 g/mol. The Morgan fingerprint density at radius 3 is 2.54 bits per heavy atom. The smallest absolute Gasteiger partial charge is 0.334 e. The lowest BCUT2D eigenvalue weighted by atomic mass is 10.2. The quantitative estimate of drug-likeness (QED) is 0.606. The van der Waals surface area contributed by atoms with Crippen LogP contribution in [-0.2, 0) is 9.53 Å². The second kappa shape index (κ2) is 2.97. The third-order valence-corrected chi connectivity index (χ3v) is 1.65. The molecule has 0 saturated carbocycles. The van der Waals surface area contributed by atoms with Crippen LogP contribution in [0.15, 0.2) is 29.3 Å². The lowest BCUT2D eigenvalue weighted by Crippen LogP contribution is -2.05. The fourth-order valence-electron chi connectivity index (χ4n) is 1.05. The van der Waals surface area contributed by atoms with Gasteiger partial charge in [-0.25, -0.2) is 14.2 Å². The molecule has 0 bridgehead atoms. The largest absolute Gasteiger partial charge is 0.406 e. The van der Waals surface area contributed by atoms with Crippen molar-refractivity contribution in [1.82, 2.24) is 0 Å². The number of esters is 1. The number of rotatable bonds is 1. The fourth-order valence-corrected chi connectivity index (χ4v) is 1.05. The Balaban J connectivity index is 2.27. The van der Waals surface area contributed by atoms with Gasteiger partial charge in [0.2, 0.25) is 5.90 Å². The number of hydrogen-bond donors (Lipinski definition) is 0. The van der Waals surface area contributed by atoms with Crippen LogP contribution >= 0.6 is 0 Å². The van der Waals surface area contributed by atoms with Crippen molar-refractivity contribution in [2.24, 2.45) is 4.99 Å². The van der Waals surface area contributed by atoms with Gasteiger partial charge in [-0.05, 0) is 24.3 Å². The summed E-state index contributed by atoms with van der Waals surface area (Å²) < 4.78 is 17.3. The Labute approximate surface area is 73.9 Å². The number of hydrogen-bond acceptors (Lipinski definition) is 3. The molecule has 1 aliphatic heterocycles. The Kier molecular flexibility index (Phi) is 1.81. The lowest BCUT2D eigenvalue weighted by Gasteiger charge is -1.98. The van der Waals surface area contributed by atoms with Gasteiger partial charge in [-0.15, -0.1) is 0 Å². The minimum atomic E-state index is -0.376. The van der Waals surface area contributed by atoms with E-state index in [1.165, 1.54) is 24.3 Å². The van der Waals surface area contributed by atoms with Gasteiger partial charge >= 0.3 is 5.97 Å². The van der Waals surface area contributed by atoms with Crippen LogP contribution in [0.2, 0.25) is 0 Å². The van der Waals surface area contributed by atoms with E-state index in [0.29, 0.717) is 5.56 Å². The van der Waals surface area contributed by atoms with E-state index < -0.39 is 0 Å². The molecular formula is C9H6FNO2. The van der Waals surface area contributed by atoms with Crippen LogP contribution in [0.4, 0.5) is 4.39 Å². The molecule has 4 heteroatoms. The van der Waals surface area contributed by atoms with Crippen LogP contribution in [0, 0.1) is 5.82 Å². The maximum absolute atomic E-state index is 12.5. The van der Waals surface area contributed by atoms with E-state index in [1.807, 2.05) is 0 Å². The number of nitrogens with zero attached hydrogens (tertiary/aromatic N) is 1. The number of halogens is 1. The number of cyclic esters (lactones) is 1. The molecule has 0 radical (unpaired) electrons. The zero-order valence-corrected chi connectivity index (χ0v) is 6.66. The summed E-state index contributed by atoms with van der Waals surface area (Å²) in [5.41, 5.74) is 0.618. The summed E-state index contributed by atoms with van der Waals surface area (Å²) in [5, 5.41) is 0. The SMILES string of the molecule is O=C1CN=C(c2ccc(F)cc2)O1. The topological polar surface area (TPSA) is 38.7 Å². The average Bonchev–Trinajstić information content (AvgIpc) is 2.53. The second-order valence-corrected chi connectivity index (χ2v) is 2.60. The van der Waals surface area contributed by atoms with Gasteiger partial charge in [0.15, 0.2) is 0 Å². The van der Waals surface area contributed by atoms with Crippen LogP contribution in [0.5, 0.6) is 0 Å². The first kappa shape index (κ1) is 7.91. The number of ether oxygens (including phenoxy) is 1. The molecule has 1 aromatic rings. The van der Waals surface area contributed by atoms with Crippen molar-refractivity contribution in [1.29, 1.82) is 0 Å². The molecule has 3 nitrogen and oxygen atoms in total. The minimum absolute atomic E-state index is 0.0483. The van der Waals surface area contributed by atoms with Gasteiger partial charge in [-0.1, -0.05) is 0 Å². The summed E-state index contributed by atoms with van der Waals surface area (Å²) in [6, 6.07) is 5.63. The highest BCUT2D eigenvalue weighted by atomic mass is 19.1. The van der Waals surface area contributed by atoms with Crippen molar-refractivity contribution >= 4 is 11.9 Å². The van der Waals surface area contributed by atoms with Crippen LogP contribution in [-0.4, -0.2) is 18.4 Å². The molecule has 13 heavy (non-hydrogen) atoms. The van der Waals surface area contributed by atoms with Crippen molar-refractivity contribution in [3.05, 3.63) is 35.6 Å². The maximum atomic E-state index is 12.5. The van der Waals surface area contributed by atoms with E-state index in [9.17, 15) is 9.18 Å². The molecule has 66 valence electrons. The van der Waals surface area contributed by atoms with E-state index in [-0.39, 0.29) is 24.2 Å². The lowest BCUT2D eigenvalue weighted by molar-refractivity contribution is -0.132. The third-order valence-electron chi connectivity index (χ3n) is 1.65. The summed E-state index contributed by atoms with van der Waals surface area (Å²) >= 11 is 0. The van der Waals surface area contributed by atoms with Crippen LogP contribution < -0.4 is 0 Å². The number of carbonyl (C=O) groups is 1. The number of aliphatic imine (C=N–C) groups is 1. The first-order valence-corrected chi connectivity index (χ1v) is 3.77. The second-order valence-electron chi connectivity index (χ2n) is 2.60. The first-order chi connectivity index (χ1) is 6.25. The predicted molar refractivity (Wildman–Crippen MR) is 43.9 cm³/mol. The zero-order chi connectivity index (χ0) is 9.26. The molecule has 0 saturated heterocycles. The van der Waals surface area contributed by atoms with E-state index in [2.05, 4.69) is 4.99 Å². The van der Waals surface area contributed by atoms with Crippen molar-refractivity contribution in [3.8, 4) is 0 Å². The number of benzene rings is 1. The summed E-state index contributed by atoms with van der Waals surface area (Å²) in [6.45, 7) is 0.0483. The summed E-state index contributed by atoms with van der Waals surface area (Å²) in [4.78, 5) is 14.5. The van der Waals surface area contributed by atoms with E-state index in [1.54, 1.807) is 0 Å². The van der Waals surface area contributed by atoms with Crippen molar-refractivity contribution in [3.63, 3.8) is 0 Å². The van der Waals surface area contributed by atoms with E-state index >= 15 is 0 Å². The van der Waals surface area contributed by atoms with E-state index in [4.69, 9.17) is 4.74 Å². The number of carbonyl (C=O) groups excluding carboxylic acids is 1. The Bertz CT molecular complexity index is 370. The van der Waals surface area contributed by atoms with Crippen molar-refractivity contribution < 1.29 is 13.9 Å². The van der Waals surface area contributed by atoms with Gasteiger partial charge < -0.3 is 4.74 Å². The minimum Gasteiger partial charge on any atom is -0.406 e. The molecule has 0 N–H and O–H groups in total. The molecule has 1 aromatic carbocycles. The fraction of sp³-hybridized carbons (Fsp3) is 0.111. The van der Waals surface area contributed by atoms with Gasteiger partial charge in [-0.2, -0.15) is 0 Å². The molecule has 0 amide bonds. The molecule has 0 aromatic heterocycles. The molecular weight excluding hydrogens is 173 g/mol. The molecule has 1 heterocycles. The maximum Gasteiger partial charge on any atom is 0.334 e. The van der Waals surface area contributed by atoms with Crippen molar-refractivity contribution in [2.75, 3.05) is 6.54 Å². The Hall–Kier alpha value is -1.71. The molecule has 0 unspecified atom stereocenters. The first-order valence-electron chi connectivity index (χ1n) is 3.77.